The Kier molecular flexibility index (Phi) is 17.9. The number of aliphatic hydroxyl groups is 1. The van der Waals surface area contributed by atoms with E-state index in [2.05, 4.69) is 5.32 Å². The first-order chi connectivity index (χ1) is 13.8. The monoisotopic (exact) mass is 421 g/mol. The second kappa shape index (κ2) is 17.4. The number of hydrogen-bond donors (Lipinski definition) is 3. The second-order valence-electron chi connectivity index (χ2n) is 7.35. The molecule has 8 nitrogen and oxygen atoms in total. The minimum Gasteiger partial charge on any atom is -0.544 e. The van der Waals surface area contributed by atoms with Gasteiger partial charge in [-0.25, -0.2) is 4.79 Å². The van der Waals surface area contributed by atoms with E-state index in [1.807, 2.05) is 26.8 Å². The molecule has 0 saturated carbocycles. The van der Waals surface area contributed by atoms with Crippen LogP contribution in [0.25, 0.3) is 0 Å². The molecule has 0 radical (unpaired) electrons. The van der Waals surface area contributed by atoms with E-state index in [1.54, 1.807) is 6.08 Å². The minimum absolute atomic E-state index is 0. The Labute approximate surface area is 192 Å². The summed E-state index contributed by atoms with van der Waals surface area (Å²) in [6, 6.07) is -2.07. The van der Waals surface area contributed by atoms with Gasteiger partial charge in [0.1, 0.15) is 12.6 Å². The van der Waals surface area contributed by atoms with Gasteiger partial charge in [0.05, 0.1) is 25.7 Å². The fourth-order valence-electron chi connectivity index (χ4n) is 3.82. The summed E-state index contributed by atoms with van der Waals surface area (Å²) in [7, 11) is 0. The molecular weight excluding hydrogens is 383 g/mol. The smallest absolute Gasteiger partial charge is 0.544 e. The van der Waals surface area contributed by atoms with Gasteiger partial charge in [-0.05, 0) is 12.8 Å². The van der Waals surface area contributed by atoms with Gasteiger partial charge >= 0.3 is 24.8 Å². The number of rotatable bonds is 17. The Morgan fingerprint density at radius 3 is 2.07 bits per heavy atom. The molecule has 0 rings (SSSR count). The number of carboxylic acid groups (broad SMARTS) is 2. The van der Waals surface area contributed by atoms with Gasteiger partial charge in [-0.2, -0.15) is 0 Å². The molecule has 3 atom stereocenters. The zero-order valence-corrected chi connectivity index (χ0v) is 19.1. The fourth-order valence-corrected chi connectivity index (χ4v) is 3.82. The molecule has 0 saturated heterocycles. The summed E-state index contributed by atoms with van der Waals surface area (Å²) >= 11 is 0. The Balaban J connectivity index is 0. The van der Waals surface area contributed by atoms with Gasteiger partial charge in [0.15, 0.2) is 6.04 Å². The van der Waals surface area contributed by atoms with Crippen LogP contribution >= 0.6 is 0 Å². The number of aliphatic hydroxyl groups excluding tert-OH is 1. The van der Waals surface area contributed by atoms with E-state index in [9.17, 15) is 29.7 Å². The normalized spacial score (nSPS) is 15.1. The average molecular weight is 421 g/mol. The molecule has 0 aromatic carbocycles. The van der Waals surface area contributed by atoms with Crippen LogP contribution < -0.4 is 29.3 Å². The van der Waals surface area contributed by atoms with E-state index < -0.39 is 24.0 Å². The third-order valence-corrected chi connectivity index (χ3v) is 5.21. The Hall–Kier alpha value is -1.33. The maximum atomic E-state index is 12.0. The molecule has 1 amide bonds. The van der Waals surface area contributed by atoms with Crippen molar-refractivity contribution in [2.45, 2.75) is 77.8 Å². The molecule has 168 valence electrons. The number of unbranched alkanes of at least 4 members (excludes halogenated alkanes) is 1. The first-order valence-corrected chi connectivity index (χ1v) is 10.6. The molecule has 30 heavy (non-hydrogen) atoms. The van der Waals surface area contributed by atoms with E-state index in [4.69, 9.17) is 0 Å². The van der Waals surface area contributed by atoms with Crippen molar-refractivity contribution in [2.75, 3.05) is 26.2 Å². The van der Waals surface area contributed by atoms with Crippen LogP contribution in [0.2, 0.25) is 0 Å². The summed E-state index contributed by atoms with van der Waals surface area (Å²) in [5.74, 6) is -2.63. The van der Waals surface area contributed by atoms with Crippen LogP contribution in [0.3, 0.4) is 0 Å². The predicted octanol–water partition coefficient (Wildman–Crippen LogP) is -2.17. The number of allylic oxidation sites excluding steroid dienone is 1. The number of nitrogens with one attached hydrogen (secondary N) is 1. The molecule has 0 heterocycles. The zero-order valence-electron chi connectivity index (χ0n) is 19.1. The van der Waals surface area contributed by atoms with Gasteiger partial charge in [0.2, 0.25) is 5.91 Å². The molecule has 0 aliphatic rings. The molecule has 9 heteroatoms. The molecular formula is C21H38LiN2O6+. The van der Waals surface area contributed by atoms with Crippen molar-refractivity contribution >= 4 is 17.8 Å². The average Bonchev–Trinajstić information content (AvgIpc) is 2.66. The molecule has 3 N–H and O–H groups in total. The number of aliphatic carboxylic acids is 2. The number of carbonyl (C=O) groups excluding carboxylic acids is 2. The van der Waals surface area contributed by atoms with Crippen molar-refractivity contribution in [3.63, 3.8) is 0 Å². The van der Waals surface area contributed by atoms with E-state index in [0.717, 1.165) is 12.8 Å². The molecule has 0 bridgehead atoms. The minimum atomic E-state index is -1.32. The maximum absolute atomic E-state index is 12.0. The van der Waals surface area contributed by atoms with Crippen molar-refractivity contribution in [1.29, 1.82) is 0 Å². The SMILES string of the molecule is CCC/C=C/CC(=O)NCC[N+](CCO)(C(CCC)C(=O)[O-])C(CCC)C(=O)O.[Li+]. The Bertz CT molecular complexity index is 518. The predicted molar refractivity (Wildman–Crippen MR) is 109 cm³/mol. The molecule has 3 unspecified atom stereocenters. The molecule has 0 fully saturated rings. The van der Waals surface area contributed by atoms with Gasteiger partial charge in [-0.15, -0.1) is 0 Å². The first-order valence-electron chi connectivity index (χ1n) is 10.6. The zero-order chi connectivity index (χ0) is 22.3. The molecule has 0 aromatic heterocycles. The van der Waals surface area contributed by atoms with E-state index in [1.165, 1.54) is 0 Å². The molecule has 0 aliphatic carbocycles. The van der Waals surface area contributed by atoms with Crippen molar-refractivity contribution in [3.8, 4) is 0 Å². The van der Waals surface area contributed by atoms with Gasteiger partial charge < -0.3 is 29.9 Å². The van der Waals surface area contributed by atoms with Crippen LogP contribution in [-0.2, 0) is 14.4 Å². The largest absolute Gasteiger partial charge is 1.00 e. The number of quaternary nitrogens is 1. The van der Waals surface area contributed by atoms with Crippen LogP contribution in [-0.4, -0.2) is 70.9 Å². The summed E-state index contributed by atoms with van der Waals surface area (Å²) in [5, 5.41) is 34.2. The van der Waals surface area contributed by atoms with Gasteiger partial charge in [0, 0.05) is 19.3 Å². The van der Waals surface area contributed by atoms with Gasteiger partial charge in [-0.1, -0.05) is 45.8 Å². The standard InChI is InChI=1S/C21H38N2O6.Li/c1-4-7-8-9-12-19(25)22-13-14-23(15-16-24,17(10-5-2)20(26)27)18(11-6-3)21(28)29;/h8-9,17-18,24H,4-7,10-16H2,1-3H3,(H2-,22,25,26,27,28,29);/q;+1/b9-8+;. The Morgan fingerprint density at radius 2 is 1.60 bits per heavy atom. The summed E-state index contributed by atoms with van der Waals surface area (Å²) in [5.41, 5.74) is 0. The van der Waals surface area contributed by atoms with Crippen molar-refractivity contribution in [3.05, 3.63) is 12.2 Å². The fraction of sp³-hybridized carbons (Fsp3) is 0.762. The van der Waals surface area contributed by atoms with Crippen LogP contribution in [0.15, 0.2) is 12.2 Å². The van der Waals surface area contributed by atoms with E-state index in [-0.39, 0.29) is 74.8 Å². The van der Waals surface area contributed by atoms with Gasteiger partial charge in [-0.3, -0.25) is 4.79 Å². The van der Waals surface area contributed by atoms with Crippen molar-refractivity contribution in [1.82, 2.24) is 5.32 Å². The van der Waals surface area contributed by atoms with Crippen LogP contribution in [0.5, 0.6) is 0 Å². The number of amides is 1. The van der Waals surface area contributed by atoms with Crippen molar-refractivity contribution < 1.29 is 53.0 Å². The molecule has 0 aliphatic heterocycles. The summed E-state index contributed by atoms with van der Waals surface area (Å²) < 4.78 is -0.332. The second-order valence-corrected chi connectivity index (χ2v) is 7.35. The van der Waals surface area contributed by atoms with Crippen LogP contribution in [0, 0.1) is 0 Å². The quantitative estimate of drug-likeness (QED) is 0.139. The molecule has 0 spiro atoms. The number of nitrogens with zero attached hydrogens (tertiary/aromatic N) is 1. The number of carboxylic acids is 2. The van der Waals surface area contributed by atoms with E-state index in [0.29, 0.717) is 12.8 Å². The van der Waals surface area contributed by atoms with Crippen LogP contribution in [0.1, 0.15) is 65.7 Å². The number of carbonyl (C=O) groups is 3. The van der Waals surface area contributed by atoms with Crippen LogP contribution in [0.4, 0.5) is 0 Å². The number of hydrogen-bond acceptors (Lipinski definition) is 5. The summed E-state index contributed by atoms with van der Waals surface area (Å²) in [6.07, 6.45) is 7.44. The first kappa shape index (κ1) is 30.9. The molecule has 0 aromatic rings. The van der Waals surface area contributed by atoms with Crippen molar-refractivity contribution in [2.24, 2.45) is 0 Å². The topological polar surface area (TPSA) is 127 Å². The van der Waals surface area contributed by atoms with E-state index >= 15 is 0 Å². The van der Waals surface area contributed by atoms with Gasteiger partial charge in [0.25, 0.3) is 0 Å². The third kappa shape index (κ3) is 10.1. The maximum Gasteiger partial charge on any atom is 1.00 e. The Morgan fingerprint density at radius 1 is 1.00 bits per heavy atom. The third-order valence-electron chi connectivity index (χ3n) is 5.21. The summed E-state index contributed by atoms with van der Waals surface area (Å²) in [4.78, 5) is 36.0. The summed E-state index contributed by atoms with van der Waals surface area (Å²) in [6.45, 7) is 5.55.